The number of nitrogens with zero attached hydrogens (tertiary/aromatic N) is 2. The molecule has 0 bridgehead atoms. The number of rotatable bonds is 8. The van der Waals surface area contributed by atoms with Crippen LogP contribution in [0.1, 0.15) is 75.0 Å². The van der Waals surface area contributed by atoms with Crippen molar-refractivity contribution >= 4 is 23.8 Å². The largest absolute Gasteiger partial charge is 0.396 e. The first kappa shape index (κ1) is 40.0. The lowest BCUT2D eigenvalue weighted by molar-refractivity contribution is 0.0439. The average molecular weight is 674 g/mol. The number of aliphatic hydroxyl groups is 2. The van der Waals surface area contributed by atoms with Crippen LogP contribution in [0, 0.1) is 46.5 Å². The molecule has 0 saturated carbocycles. The highest BCUT2D eigenvalue weighted by Gasteiger charge is 2.43. The van der Waals surface area contributed by atoms with E-state index in [0.29, 0.717) is 11.4 Å². The van der Waals surface area contributed by atoms with Gasteiger partial charge in [0.2, 0.25) is 0 Å². The smallest absolute Gasteiger partial charge is 0.350 e. The van der Waals surface area contributed by atoms with Crippen LogP contribution in [0.15, 0.2) is 0 Å². The third-order valence-electron chi connectivity index (χ3n) is 6.29. The topological polar surface area (TPSA) is 150 Å². The zero-order valence-electron chi connectivity index (χ0n) is 24.8. The number of halogens is 8. The number of ether oxygens (including phenoxy) is 1. The number of aliphatic hydroxyl groups excluding tert-OH is 2. The van der Waals surface area contributed by atoms with Crippen molar-refractivity contribution in [3.05, 3.63) is 68.8 Å². The highest BCUT2D eigenvalue weighted by Crippen LogP contribution is 2.32. The summed E-state index contributed by atoms with van der Waals surface area (Å²) in [7, 11) is 0. The maximum Gasteiger partial charge on any atom is 0.350 e. The molecule has 256 valence electrons. The number of hydrogen-bond acceptors (Lipinski definition) is 9. The molecule has 4 rings (SSSR count). The summed E-state index contributed by atoms with van der Waals surface area (Å²) in [6.45, 7) is 10.3. The molecule has 0 aliphatic carbocycles. The molecule has 0 unspecified atom stereocenters. The van der Waals surface area contributed by atoms with E-state index in [0.717, 1.165) is 6.42 Å². The minimum Gasteiger partial charge on any atom is -0.396 e. The van der Waals surface area contributed by atoms with Gasteiger partial charge in [0.15, 0.2) is 46.5 Å². The molecule has 0 aromatic heterocycles. The van der Waals surface area contributed by atoms with E-state index in [9.17, 15) is 54.3 Å². The number of esters is 2. The summed E-state index contributed by atoms with van der Waals surface area (Å²) < 4.78 is 108. The maximum atomic E-state index is 13.4. The number of imide groups is 1. The summed E-state index contributed by atoms with van der Waals surface area (Å²) in [5.74, 6) is -21.8. The average Bonchev–Trinajstić information content (AvgIpc) is 3.48. The highest BCUT2D eigenvalue weighted by molar-refractivity contribution is 6.21. The Morgan fingerprint density at radius 2 is 0.913 bits per heavy atom. The van der Waals surface area contributed by atoms with Gasteiger partial charge in [0, 0.05) is 19.8 Å². The van der Waals surface area contributed by atoms with E-state index in [-0.39, 0.29) is 26.2 Å². The number of nitrogens with two attached hydrogens (primary N) is 1. The summed E-state index contributed by atoms with van der Waals surface area (Å²) >= 11 is 0. The van der Waals surface area contributed by atoms with E-state index < -0.39 is 92.5 Å². The van der Waals surface area contributed by atoms with Crippen molar-refractivity contribution in [3.63, 3.8) is 0 Å². The Hall–Kier alpha value is -4.00. The fourth-order valence-electron chi connectivity index (χ4n) is 3.79. The Labute approximate surface area is 257 Å². The summed E-state index contributed by atoms with van der Waals surface area (Å²) in [6.07, 6.45) is 0.708. The lowest BCUT2D eigenvalue weighted by Crippen LogP contribution is -2.31. The van der Waals surface area contributed by atoms with Crippen LogP contribution in [-0.2, 0) is 4.74 Å². The molecule has 2 heterocycles. The predicted molar refractivity (Wildman–Crippen MR) is 144 cm³/mol. The number of amides is 2. The van der Waals surface area contributed by atoms with Crippen molar-refractivity contribution in [2.75, 3.05) is 45.9 Å². The Kier molecular flexibility index (Phi) is 15.9. The molecule has 2 aliphatic heterocycles. The molecule has 0 saturated heterocycles. The van der Waals surface area contributed by atoms with Crippen LogP contribution in [0.2, 0.25) is 0 Å². The normalized spacial score (nSPS) is 13.0. The lowest BCUT2D eigenvalue weighted by Gasteiger charge is -2.13. The van der Waals surface area contributed by atoms with Crippen LogP contribution >= 0.6 is 0 Å². The minimum atomic E-state index is -2.15. The van der Waals surface area contributed by atoms with Crippen molar-refractivity contribution in [1.29, 1.82) is 0 Å². The van der Waals surface area contributed by atoms with E-state index in [4.69, 9.17) is 15.9 Å². The van der Waals surface area contributed by atoms with Gasteiger partial charge in [0.25, 0.3) is 11.8 Å². The Bertz CT molecular complexity index is 1360. The minimum absolute atomic E-state index is 0.0142. The SMILES string of the molecule is CCN(CC)CC.NCCCO.O=C1OC(=O)c2c(F)c(F)c(F)c(F)c21.O=C1c2c(F)c(F)c(F)c(F)c2C(=O)N1CCCO. The second-order valence-corrected chi connectivity index (χ2v) is 9.01. The van der Waals surface area contributed by atoms with E-state index in [1.54, 1.807) is 0 Å². The molecule has 0 spiro atoms. The summed E-state index contributed by atoms with van der Waals surface area (Å²) in [5, 5.41) is 16.6. The van der Waals surface area contributed by atoms with Gasteiger partial charge in [-0.2, -0.15) is 0 Å². The van der Waals surface area contributed by atoms with E-state index in [1.807, 2.05) is 0 Å². The molecule has 10 nitrogen and oxygen atoms in total. The highest BCUT2D eigenvalue weighted by atomic mass is 19.2. The molecule has 2 aliphatic rings. The molecule has 0 fully saturated rings. The standard InChI is InChI=1S/C11H7F4NO3.C8F4O3.C6H15N.C3H9NO/c12-6-4-5(7(13)9(15)8(6)14)11(19)16(10(4)18)2-1-3-17;9-3-1-2(8(14)15-7(1)13)4(10)6(12)5(3)11;1-4-7(5-2)6-3;4-2-1-3-5/h17H,1-3H2;;4-6H2,1-3H3;5H,1-4H2. The monoisotopic (exact) mass is 673 g/mol. The van der Waals surface area contributed by atoms with Gasteiger partial charge in [-0.05, 0) is 39.0 Å². The Balaban J connectivity index is 0.000000347. The van der Waals surface area contributed by atoms with Crippen LogP contribution in [0.4, 0.5) is 35.1 Å². The molecule has 4 N–H and O–H groups in total. The summed E-state index contributed by atoms with van der Waals surface area (Å²) in [5.41, 5.74) is 0.332. The third kappa shape index (κ3) is 8.62. The van der Waals surface area contributed by atoms with Crippen LogP contribution in [0.25, 0.3) is 0 Å². The van der Waals surface area contributed by atoms with Gasteiger partial charge in [0.05, 0.1) is 11.1 Å². The number of benzene rings is 2. The molecule has 0 radical (unpaired) electrons. The van der Waals surface area contributed by atoms with E-state index >= 15 is 0 Å². The van der Waals surface area contributed by atoms with E-state index in [2.05, 4.69) is 30.4 Å². The first-order valence-electron chi connectivity index (χ1n) is 13.6. The summed E-state index contributed by atoms with van der Waals surface area (Å²) in [6, 6.07) is 0. The lowest BCUT2D eigenvalue weighted by atomic mass is 10.1. The van der Waals surface area contributed by atoms with Crippen LogP contribution in [0.3, 0.4) is 0 Å². The van der Waals surface area contributed by atoms with Crippen molar-refractivity contribution in [2.24, 2.45) is 5.73 Å². The quantitative estimate of drug-likeness (QED) is 0.0957. The van der Waals surface area contributed by atoms with Gasteiger partial charge in [-0.15, -0.1) is 0 Å². The Morgan fingerprint density at radius 1 is 0.587 bits per heavy atom. The number of carbonyl (C=O) groups is 4. The fourth-order valence-corrected chi connectivity index (χ4v) is 3.79. The molecule has 2 amide bonds. The fraction of sp³-hybridized carbons (Fsp3) is 0.429. The predicted octanol–water partition coefficient (Wildman–Crippen LogP) is 3.45. The first-order valence-corrected chi connectivity index (χ1v) is 13.6. The maximum absolute atomic E-state index is 13.4. The molecule has 0 atom stereocenters. The summed E-state index contributed by atoms with van der Waals surface area (Å²) in [4.78, 5) is 47.7. The second kappa shape index (κ2) is 18.2. The van der Waals surface area contributed by atoms with Crippen LogP contribution in [-0.4, -0.2) is 89.7 Å². The van der Waals surface area contributed by atoms with Gasteiger partial charge in [-0.1, -0.05) is 20.8 Å². The van der Waals surface area contributed by atoms with Gasteiger partial charge in [-0.3, -0.25) is 14.5 Å². The van der Waals surface area contributed by atoms with Gasteiger partial charge >= 0.3 is 11.9 Å². The molecule has 2 aromatic rings. The molecular formula is C28H31F8N3O7. The van der Waals surface area contributed by atoms with Crippen molar-refractivity contribution < 1.29 is 69.3 Å². The van der Waals surface area contributed by atoms with Crippen LogP contribution in [0.5, 0.6) is 0 Å². The molecular weight excluding hydrogens is 642 g/mol. The zero-order valence-corrected chi connectivity index (χ0v) is 24.8. The number of hydrogen-bond donors (Lipinski definition) is 3. The number of carbonyl (C=O) groups excluding carboxylic acids is 4. The van der Waals surface area contributed by atoms with Gasteiger partial charge in [0.1, 0.15) is 11.1 Å². The number of fused-ring (bicyclic) bond motifs is 2. The van der Waals surface area contributed by atoms with Crippen molar-refractivity contribution in [3.8, 4) is 0 Å². The Morgan fingerprint density at radius 3 is 1.15 bits per heavy atom. The van der Waals surface area contributed by atoms with Crippen LogP contribution < -0.4 is 5.73 Å². The van der Waals surface area contributed by atoms with E-state index in [1.165, 1.54) is 19.6 Å². The van der Waals surface area contributed by atoms with Gasteiger partial charge in [-0.25, -0.2) is 44.7 Å². The van der Waals surface area contributed by atoms with Gasteiger partial charge < -0.3 is 25.6 Å². The number of cyclic esters (lactones) is 2. The molecule has 46 heavy (non-hydrogen) atoms. The molecule has 2 aromatic carbocycles. The molecule has 18 heteroatoms. The third-order valence-corrected chi connectivity index (χ3v) is 6.29. The van der Waals surface area contributed by atoms with Crippen molar-refractivity contribution in [2.45, 2.75) is 33.6 Å². The second-order valence-electron chi connectivity index (χ2n) is 9.01. The zero-order chi connectivity index (χ0) is 35.5. The van der Waals surface area contributed by atoms with Crippen molar-refractivity contribution in [1.82, 2.24) is 9.80 Å². The first-order chi connectivity index (χ1) is 21.6.